The third-order valence-electron chi connectivity index (χ3n) is 2.07. The molecule has 0 unspecified atom stereocenters. The lowest BCUT2D eigenvalue weighted by atomic mass is 10.2. The van der Waals surface area contributed by atoms with Gasteiger partial charge in [0.05, 0.1) is 0 Å². The summed E-state index contributed by atoms with van der Waals surface area (Å²) in [6.45, 7) is 1.59. The van der Waals surface area contributed by atoms with Crippen LogP contribution >= 0.6 is 11.6 Å². The minimum Gasteiger partial charge on any atom is -0.441 e. The molecule has 0 aliphatic heterocycles. The largest absolute Gasteiger partial charge is 0.441 e. The van der Waals surface area contributed by atoms with Gasteiger partial charge in [0.25, 0.3) is 5.24 Å². The van der Waals surface area contributed by atoms with E-state index in [4.69, 9.17) is 16.0 Å². The molecule has 0 amide bonds. The average molecular weight is 240 g/mol. The van der Waals surface area contributed by atoms with Gasteiger partial charge in [0.15, 0.2) is 5.69 Å². The molecule has 0 N–H and O–H groups in total. The van der Waals surface area contributed by atoms with Crippen LogP contribution in [0.15, 0.2) is 28.7 Å². The van der Waals surface area contributed by atoms with Crippen LogP contribution in [-0.2, 0) is 0 Å². The molecule has 0 bridgehead atoms. The Labute approximate surface area is 95.9 Å². The standard InChI is InChI=1S/C11H7ClFNO2/c1-6-9(10(12)15)14-11(16-6)7-2-4-8(13)5-3-7/h2-5H,1H3. The topological polar surface area (TPSA) is 43.1 Å². The van der Waals surface area contributed by atoms with E-state index in [1.165, 1.54) is 24.3 Å². The molecule has 0 spiro atoms. The zero-order chi connectivity index (χ0) is 11.7. The van der Waals surface area contributed by atoms with Crippen LogP contribution in [0.2, 0.25) is 0 Å². The van der Waals surface area contributed by atoms with Gasteiger partial charge in [-0.25, -0.2) is 9.37 Å². The zero-order valence-corrected chi connectivity index (χ0v) is 9.08. The number of hydrogen-bond donors (Lipinski definition) is 0. The quantitative estimate of drug-likeness (QED) is 0.756. The minimum atomic E-state index is -0.672. The lowest BCUT2D eigenvalue weighted by molar-refractivity contribution is 0.107. The smallest absolute Gasteiger partial charge is 0.274 e. The molecule has 1 aromatic carbocycles. The van der Waals surface area contributed by atoms with Gasteiger partial charge in [0.1, 0.15) is 11.6 Å². The van der Waals surface area contributed by atoms with Gasteiger partial charge in [-0.2, -0.15) is 0 Å². The number of carbonyl (C=O) groups excluding carboxylic acids is 1. The predicted molar refractivity (Wildman–Crippen MR) is 56.8 cm³/mol. The van der Waals surface area contributed by atoms with E-state index in [9.17, 15) is 9.18 Å². The van der Waals surface area contributed by atoms with Crippen LogP contribution in [0.3, 0.4) is 0 Å². The van der Waals surface area contributed by atoms with Crippen molar-refractivity contribution < 1.29 is 13.6 Å². The van der Waals surface area contributed by atoms with Crippen LogP contribution in [0.1, 0.15) is 16.2 Å². The molecule has 0 atom stereocenters. The normalized spacial score (nSPS) is 10.4. The van der Waals surface area contributed by atoms with Crippen molar-refractivity contribution in [2.75, 3.05) is 0 Å². The predicted octanol–water partition coefficient (Wildman–Crippen LogP) is 3.17. The van der Waals surface area contributed by atoms with E-state index in [1.807, 2.05) is 0 Å². The van der Waals surface area contributed by atoms with E-state index >= 15 is 0 Å². The molecule has 2 rings (SSSR count). The van der Waals surface area contributed by atoms with Crippen molar-refractivity contribution >= 4 is 16.8 Å². The number of nitrogens with zero attached hydrogens (tertiary/aromatic N) is 1. The zero-order valence-electron chi connectivity index (χ0n) is 8.33. The summed E-state index contributed by atoms with van der Waals surface area (Å²) in [5.41, 5.74) is 0.676. The van der Waals surface area contributed by atoms with Crippen molar-refractivity contribution in [2.45, 2.75) is 6.92 Å². The molecule has 0 fully saturated rings. The second-order valence-corrected chi connectivity index (χ2v) is 3.55. The molecule has 1 aromatic heterocycles. The van der Waals surface area contributed by atoms with Crippen molar-refractivity contribution in [2.24, 2.45) is 0 Å². The number of carbonyl (C=O) groups is 1. The fraction of sp³-hybridized carbons (Fsp3) is 0.0909. The summed E-state index contributed by atoms with van der Waals surface area (Å²) in [6, 6.07) is 5.61. The first-order valence-electron chi connectivity index (χ1n) is 4.51. The van der Waals surface area contributed by atoms with Gasteiger partial charge < -0.3 is 4.42 Å². The molecule has 82 valence electrons. The third-order valence-corrected chi connectivity index (χ3v) is 2.25. The number of hydrogen-bond acceptors (Lipinski definition) is 3. The molecule has 0 aliphatic rings. The number of aryl methyl sites for hydroxylation is 1. The molecule has 0 saturated carbocycles. The summed E-state index contributed by atoms with van der Waals surface area (Å²) >= 11 is 5.31. The summed E-state index contributed by atoms with van der Waals surface area (Å²) in [5, 5.41) is -0.672. The van der Waals surface area contributed by atoms with E-state index in [0.717, 1.165) is 0 Å². The van der Waals surface area contributed by atoms with E-state index in [0.29, 0.717) is 11.3 Å². The average Bonchev–Trinajstić information content (AvgIpc) is 2.61. The Morgan fingerprint density at radius 1 is 1.38 bits per heavy atom. The first-order chi connectivity index (χ1) is 7.58. The monoisotopic (exact) mass is 239 g/mol. The molecule has 1 heterocycles. The lowest BCUT2D eigenvalue weighted by Crippen LogP contribution is -1.91. The lowest BCUT2D eigenvalue weighted by Gasteiger charge is -1.93. The molecule has 5 heteroatoms. The highest BCUT2D eigenvalue weighted by Crippen LogP contribution is 2.22. The molecular weight excluding hydrogens is 233 g/mol. The Kier molecular flexibility index (Phi) is 2.75. The Bertz CT molecular complexity index is 533. The van der Waals surface area contributed by atoms with Crippen LogP contribution in [0, 0.1) is 12.7 Å². The maximum atomic E-state index is 12.7. The van der Waals surface area contributed by atoms with Crippen molar-refractivity contribution in [3.8, 4) is 11.5 Å². The Hall–Kier alpha value is -1.68. The summed E-state index contributed by atoms with van der Waals surface area (Å²) < 4.78 is 18.0. The second-order valence-electron chi connectivity index (χ2n) is 3.20. The fourth-order valence-electron chi connectivity index (χ4n) is 1.29. The van der Waals surface area contributed by atoms with Gasteiger partial charge in [0, 0.05) is 5.56 Å². The maximum absolute atomic E-state index is 12.7. The second kappa shape index (κ2) is 4.06. The number of oxazole rings is 1. The highest BCUT2D eigenvalue weighted by atomic mass is 35.5. The van der Waals surface area contributed by atoms with E-state index in [2.05, 4.69) is 4.98 Å². The summed E-state index contributed by atoms with van der Waals surface area (Å²) in [4.78, 5) is 14.9. The SMILES string of the molecule is Cc1oc(-c2ccc(F)cc2)nc1C(=O)Cl. The Morgan fingerprint density at radius 2 is 2.00 bits per heavy atom. The third kappa shape index (κ3) is 1.97. The van der Waals surface area contributed by atoms with Crippen LogP contribution in [0.25, 0.3) is 11.5 Å². The van der Waals surface area contributed by atoms with Crippen LogP contribution < -0.4 is 0 Å². The van der Waals surface area contributed by atoms with Gasteiger partial charge in [0.2, 0.25) is 5.89 Å². The molecule has 0 aliphatic carbocycles. The molecule has 3 nitrogen and oxygen atoms in total. The molecule has 0 radical (unpaired) electrons. The van der Waals surface area contributed by atoms with E-state index < -0.39 is 5.24 Å². The van der Waals surface area contributed by atoms with Gasteiger partial charge >= 0.3 is 0 Å². The van der Waals surface area contributed by atoms with Crippen LogP contribution in [-0.4, -0.2) is 10.2 Å². The van der Waals surface area contributed by atoms with Crippen molar-refractivity contribution in [3.63, 3.8) is 0 Å². The number of benzene rings is 1. The summed E-state index contributed by atoms with van der Waals surface area (Å²) in [5.74, 6) is 0.251. The van der Waals surface area contributed by atoms with Gasteiger partial charge in [-0.3, -0.25) is 4.79 Å². The maximum Gasteiger partial charge on any atom is 0.274 e. The molecule has 2 aromatic rings. The molecule has 0 saturated heterocycles. The van der Waals surface area contributed by atoms with E-state index in [-0.39, 0.29) is 17.4 Å². The van der Waals surface area contributed by atoms with Gasteiger partial charge in [-0.05, 0) is 42.8 Å². The number of aromatic nitrogens is 1. The van der Waals surface area contributed by atoms with Gasteiger partial charge in [-0.15, -0.1) is 0 Å². The first-order valence-corrected chi connectivity index (χ1v) is 4.89. The van der Waals surface area contributed by atoms with Crippen LogP contribution in [0.4, 0.5) is 4.39 Å². The summed E-state index contributed by atoms with van der Waals surface area (Å²) in [7, 11) is 0. The van der Waals surface area contributed by atoms with Crippen molar-refractivity contribution in [1.29, 1.82) is 0 Å². The first kappa shape index (κ1) is 10.8. The highest BCUT2D eigenvalue weighted by Gasteiger charge is 2.15. The number of rotatable bonds is 2. The Balaban J connectivity index is 2.45. The molecular formula is C11H7ClFNO2. The Morgan fingerprint density at radius 3 is 2.50 bits per heavy atom. The molecule has 16 heavy (non-hydrogen) atoms. The fourth-order valence-corrected chi connectivity index (χ4v) is 1.47. The number of halogens is 2. The minimum absolute atomic E-state index is 0.0843. The van der Waals surface area contributed by atoms with E-state index in [1.54, 1.807) is 6.92 Å². The van der Waals surface area contributed by atoms with Gasteiger partial charge in [-0.1, -0.05) is 0 Å². The van der Waals surface area contributed by atoms with Crippen LogP contribution in [0.5, 0.6) is 0 Å². The van der Waals surface area contributed by atoms with Crippen molar-refractivity contribution in [3.05, 3.63) is 41.5 Å². The van der Waals surface area contributed by atoms with Crippen molar-refractivity contribution in [1.82, 2.24) is 4.98 Å². The summed E-state index contributed by atoms with van der Waals surface area (Å²) in [6.07, 6.45) is 0. The highest BCUT2D eigenvalue weighted by molar-refractivity contribution is 6.67.